The molecule has 1 aliphatic rings. The Hall–Kier alpha value is -0.730. The van der Waals surface area contributed by atoms with Crippen molar-refractivity contribution in [2.45, 2.75) is 51.8 Å². The fourth-order valence-corrected chi connectivity index (χ4v) is 2.03. The normalized spacial score (nSPS) is 34.5. The van der Waals surface area contributed by atoms with Crippen LogP contribution in [0, 0.1) is 11.8 Å². The van der Waals surface area contributed by atoms with E-state index in [0.717, 1.165) is 0 Å². The van der Waals surface area contributed by atoms with Crippen molar-refractivity contribution in [3.63, 3.8) is 0 Å². The highest BCUT2D eigenvalue weighted by Gasteiger charge is 2.42. The van der Waals surface area contributed by atoms with Gasteiger partial charge >= 0.3 is 5.97 Å². The molecule has 1 heterocycles. The monoisotopic (exact) mass is 306 g/mol. The molecule has 0 aromatic heterocycles. The molecule has 0 aliphatic carbocycles. The highest BCUT2D eigenvalue weighted by molar-refractivity contribution is 5.71. The van der Waals surface area contributed by atoms with Gasteiger partial charge in [-0.2, -0.15) is 0 Å². The van der Waals surface area contributed by atoms with E-state index >= 15 is 0 Å². The van der Waals surface area contributed by atoms with Gasteiger partial charge in [-0.15, -0.1) is 0 Å². The van der Waals surface area contributed by atoms with Crippen LogP contribution < -0.4 is 0 Å². The minimum atomic E-state index is -1.20. The molecule has 7 heteroatoms. The van der Waals surface area contributed by atoms with E-state index in [1.807, 2.05) is 6.92 Å². The average Bonchev–Trinajstić information content (AvgIpc) is 2.49. The molecule has 1 aliphatic heterocycles. The molecular formula is C14H26O7. The Morgan fingerprint density at radius 3 is 2.52 bits per heavy atom. The molecule has 0 amide bonds. The largest absolute Gasteiger partial charge is 0.463 e. The molecule has 7 nitrogen and oxygen atoms in total. The molecule has 0 spiro atoms. The first kappa shape index (κ1) is 18.3. The van der Waals surface area contributed by atoms with E-state index in [-0.39, 0.29) is 31.7 Å². The maximum absolute atomic E-state index is 11.5. The summed E-state index contributed by atoms with van der Waals surface area (Å²) < 4.78 is 15.7. The minimum absolute atomic E-state index is 0.0448. The summed E-state index contributed by atoms with van der Waals surface area (Å²) in [6, 6.07) is 0. The number of esters is 1. The van der Waals surface area contributed by atoms with Gasteiger partial charge in [0.25, 0.3) is 0 Å². The van der Waals surface area contributed by atoms with Gasteiger partial charge in [-0.05, 0) is 6.42 Å². The molecule has 0 aromatic rings. The number of hydrogen-bond acceptors (Lipinski definition) is 7. The van der Waals surface area contributed by atoms with Gasteiger partial charge in [-0.1, -0.05) is 20.8 Å². The Morgan fingerprint density at radius 1 is 1.29 bits per heavy atom. The van der Waals surface area contributed by atoms with Crippen molar-refractivity contribution >= 4 is 5.97 Å². The molecule has 4 unspecified atom stereocenters. The Morgan fingerprint density at radius 2 is 1.95 bits per heavy atom. The van der Waals surface area contributed by atoms with Crippen LogP contribution in [0.1, 0.15) is 27.2 Å². The van der Waals surface area contributed by atoms with Gasteiger partial charge in [-0.3, -0.25) is 4.79 Å². The first-order chi connectivity index (χ1) is 9.92. The lowest BCUT2D eigenvalue weighted by molar-refractivity contribution is -0.289. The van der Waals surface area contributed by atoms with Crippen LogP contribution >= 0.6 is 0 Å². The second kappa shape index (κ2) is 8.65. The van der Waals surface area contributed by atoms with Crippen molar-refractivity contribution in [2.24, 2.45) is 11.8 Å². The van der Waals surface area contributed by atoms with Gasteiger partial charge in [0.2, 0.25) is 0 Å². The van der Waals surface area contributed by atoms with Crippen LogP contribution in [-0.2, 0) is 19.0 Å². The molecule has 1 saturated heterocycles. The van der Waals surface area contributed by atoms with Crippen molar-refractivity contribution in [1.29, 1.82) is 0 Å². The van der Waals surface area contributed by atoms with Crippen LogP contribution in [0.3, 0.4) is 0 Å². The summed E-state index contributed by atoms with van der Waals surface area (Å²) in [5.74, 6) is -0.857. The molecule has 0 saturated carbocycles. The number of hydrogen-bond donors (Lipinski definition) is 3. The highest BCUT2D eigenvalue weighted by Crippen LogP contribution is 2.26. The third-order valence-electron chi connectivity index (χ3n) is 3.87. The van der Waals surface area contributed by atoms with Crippen LogP contribution in [0.25, 0.3) is 0 Å². The number of carbonyl (C=O) groups excluding carboxylic acids is 1. The zero-order chi connectivity index (χ0) is 16.0. The molecule has 21 heavy (non-hydrogen) atoms. The van der Waals surface area contributed by atoms with E-state index in [1.54, 1.807) is 13.8 Å². The maximum atomic E-state index is 11.5. The molecule has 1 fully saturated rings. The lowest BCUT2D eigenvalue weighted by atomic mass is 9.91. The fraction of sp³-hybridized carbons (Fsp3) is 0.929. The molecule has 6 atom stereocenters. The van der Waals surface area contributed by atoms with E-state index < -0.39 is 30.5 Å². The Kier molecular flexibility index (Phi) is 7.55. The summed E-state index contributed by atoms with van der Waals surface area (Å²) in [7, 11) is 0. The smallest absolute Gasteiger partial charge is 0.308 e. The summed E-state index contributed by atoms with van der Waals surface area (Å²) in [6.45, 7) is 5.17. The molecule has 1 rings (SSSR count). The van der Waals surface area contributed by atoms with E-state index in [4.69, 9.17) is 14.2 Å². The van der Waals surface area contributed by atoms with Crippen molar-refractivity contribution < 1.29 is 34.3 Å². The van der Waals surface area contributed by atoms with Crippen molar-refractivity contribution in [3.05, 3.63) is 0 Å². The van der Waals surface area contributed by atoms with Crippen LogP contribution in [0.5, 0.6) is 0 Å². The number of rotatable bonds is 7. The molecule has 0 aromatic carbocycles. The van der Waals surface area contributed by atoms with Crippen molar-refractivity contribution in [1.82, 2.24) is 0 Å². The highest BCUT2D eigenvalue weighted by atomic mass is 16.7. The van der Waals surface area contributed by atoms with Gasteiger partial charge < -0.3 is 29.5 Å². The first-order valence-electron chi connectivity index (χ1n) is 7.33. The van der Waals surface area contributed by atoms with E-state index in [0.29, 0.717) is 6.42 Å². The van der Waals surface area contributed by atoms with Crippen molar-refractivity contribution in [2.75, 3.05) is 19.8 Å². The summed E-state index contributed by atoms with van der Waals surface area (Å²) in [5.41, 5.74) is 0. The van der Waals surface area contributed by atoms with Gasteiger partial charge in [0, 0.05) is 5.92 Å². The van der Waals surface area contributed by atoms with Crippen LogP contribution in [0.4, 0.5) is 0 Å². The molecule has 0 bridgehead atoms. The number of ether oxygens (including phenoxy) is 3. The minimum Gasteiger partial charge on any atom is -0.463 e. The Balaban J connectivity index is 2.35. The Bertz CT molecular complexity index is 320. The van der Waals surface area contributed by atoms with E-state index in [1.165, 1.54) is 0 Å². The summed E-state index contributed by atoms with van der Waals surface area (Å²) in [5, 5.41) is 28.9. The first-order valence-corrected chi connectivity index (χ1v) is 7.33. The van der Waals surface area contributed by atoms with Gasteiger partial charge in [0.1, 0.15) is 12.7 Å². The third kappa shape index (κ3) is 4.89. The average molecular weight is 306 g/mol. The maximum Gasteiger partial charge on any atom is 0.308 e. The number of carbonyl (C=O) groups is 1. The fourth-order valence-electron chi connectivity index (χ4n) is 2.03. The van der Waals surface area contributed by atoms with Gasteiger partial charge in [-0.25, -0.2) is 0 Å². The molecule has 0 radical (unpaired) electrons. The quantitative estimate of drug-likeness (QED) is 0.437. The third-order valence-corrected chi connectivity index (χ3v) is 3.87. The Labute approximate surface area is 124 Å². The summed E-state index contributed by atoms with van der Waals surface area (Å²) >= 11 is 0. The zero-order valence-corrected chi connectivity index (χ0v) is 12.8. The van der Waals surface area contributed by atoms with Crippen molar-refractivity contribution in [3.8, 4) is 0 Å². The molecule has 3 N–H and O–H groups in total. The van der Waals surface area contributed by atoms with E-state index in [9.17, 15) is 20.1 Å². The molecule has 124 valence electrons. The van der Waals surface area contributed by atoms with Crippen LogP contribution in [0.15, 0.2) is 0 Å². The lowest BCUT2D eigenvalue weighted by Crippen LogP contribution is -2.55. The zero-order valence-electron chi connectivity index (χ0n) is 12.8. The van der Waals surface area contributed by atoms with Gasteiger partial charge in [0.05, 0.1) is 31.3 Å². The standard InChI is InChI=1S/C14H26O7/c1-4-8(2)13(18)19-5-6-20-14-12(17)11(16)9(3)10(7-15)21-14/h8-12,14-17H,4-7H2,1-3H3/t8?,9-,10?,11?,12+,14?/m0/s1. The van der Waals surface area contributed by atoms with Crippen LogP contribution in [-0.4, -0.2) is 65.7 Å². The van der Waals surface area contributed by atoms with Gasteiger partial charge in [0.15, 0.2) is 6.29 Å². The second-order valence-electron chi connectivity index (χ2n) is 5.41. The predicted octanol–water partition coefficient (Wildman–Crippen LogP) is -0.333. The summed E-state index contributed by atoms with van der Waals surface area (Å²) in [6.07, 6.45) is -3.18. The molecular weight excluding hydrogens is 280 g/mol. The van der Waals surface area contributed by atoms with E-state index in [2.05, 4.69) is 0 Å². The second-order valence-corrected chi connectivity index (χ2v) is 5.41. The number of aliphatic hydroxyl groups is 3. The SMILES string of the molecule is CCC(C)C(=O)OCCOC1OC(CO)[C@H](C)C(O)[C@H]1O. The lowest BCUT2D eigenvalue weighted by Gasteiger charge is -2.40. The predicted molar refractivity (Wildman–Crippen MR) is 73.3 cm³/mol. The summed E-state index contributed by atoms with van der Waals surface area (Å²) in [4.78, 5) is 11.5. The number of aliphatic hydroxyl groups excluding tert-OH is 3. The topological polar surface area (TPSA) is 105 Å². The van der Waals surface area contributed by atoms with Crippen LogP contribution in [0.2, 0.25) is 0 Å².